The van der Waals surface area contributed by atoms with Crippen LogP contribution in [0.25, 0.3) is 0 Å². The van der Waals surface area contributed by atoms with E-state index in [1.54, 1.807) is 0 Å². The number of hydrogen-bond donors (Lipinski definition) is 4. The summed E-state index contributed by atoms with van der Waals surface area (Å²) in [5.41, 5.74) is 5.91. The second-order valence-electron chi connectivity index (χ2n) is 7.70. The second-order valence-corrected chi connectivity index (χ2v) is 7.70. The zero-order valence-electron chi connectivity index (χ0n) is 16.0. The lowest BCUT2D eigenvalue weighted by Crippen LogP contribution is -2.50. The number of aromatic amines is 1. The van der Waals surface area contributed by atoms with Crippen LogP contribution in [0.2, 0.25) is 0 Å². The van der Waals surface area contributed by atoms with Gasteiger partial charge in [-0.15, -0.1) is 0 Å². The van der Waals surface area contributed by atoms with E-state index in [1.165, 1.54) is 18.9 Å². The zero-order valence-corrected chi connectivity index (χ0v) is 16.0. The molecule has 0 aliphatic heterocycles. The summed E-state index contributed by atoms with van der Waals surface area (Å²) in [7, 11) is 0. The van der Waals surface area contributed by atoms with Crippen LogP contribution < -0.4 is 16.4 Å². The third kappa shape index (κ3) is 5.22. The van der Waals surface area contributed by atoms with Crippen molar-refractivity contribution in [2.24, 2.45) is 5.92 Å². The minimum absolute atomic E-state index is 0.0524. The highest BCUT2D eigenvalue weighted by molar-refractivity contribution is 5.93. The molecule has 8 heteroatoms. The average Bonchev–Trinajstić information content (AvgIpc) is 3.32. The predicted molar refractivity (Wildman–Crippen MR) is 102 cm³/mol. The van der Waals surface area contributed by atoms with E-state index in [1.807, 2.05) is 6.92 Å². The Morgan fingerprint density at radius 3 is 2.70 bits per heavy atom. The standard InChI is InChI=1S/C19H31N5O3/c1-2-9-27-16-10-12(18(25)21-13-5-3-4-6-13)7-8-14(16)22-19(26)15-11-17(20)24-23-15/h11-14,16H,2-10H2,1H3,(H,21,25)(H,22,26)(H3,20,23,24)/t12-,14+,16+/m0/s1. The molecule has 1 aromatic rings. The van der Waals surface area contributed by atoms with Gasteiger partial charge < -0.3 is 21.1 Å². The number of hydrogen-bond acceptors (Lipinski definition) is 5. The van der Waals surface area contributed by atoms with Crippen molar-refractivity contribution in [3.63, 3.8) is 0 Å². The van der Waals surface area contributed by atoms with Crippen molar-refractivity contribution in [2.45, 2.75) is 76.5 Å². The number of amides is 2. The van der Waals surface area contributed by atoms with Crippen LogP contribution in [0.15, 0.2) is 6.07 Å². The van der Waals surface area contributed by atoms with Crippen LogP contribution in [0.3, 0.4) is 0 Å². The van der Waals surface area contributed by atoms with Gasteiger partial charge in [-0.25, -0.2) is 0 Å². The minimum atomic E-state index is -0.247. The summed E-state index contributed by atoms with van der Waals surface area (Å²) in [6.07, 6.45) is 7.39. The molecule has 8 nitrogen and oxygen atoms in total. The molecule has 2 aliphatic carbocycles. The maximum Gasteiger partial charge on any atom is 0.269 e. The maximum atomic E-state index is 12.6. The summed E-state index contributed by atoms with van der Waals surface area (Å²) in [5.74, 6) is 0.121. The van der Waals surface area contributed by atoms with E-state index in [0.29, 0.717) is 31.2 Å². The molecule has 0 unspecified atom stereocenters. The Labute approximate surface area is 160 Å². The average molecular weight is 377 g/mol. The van der Waals surface area contributed by atoms with E-state index < -0.39 is 0 Å². The number of nitrogens with zero attached hydrogens (tertiary/aromatic N) is 1. The summed E-state index contributed by atoms with van der Waals surface area (Å²) in [4.78, 5) is 25.1. The molecule has 27 heavy (non-hydrogen) atoms. The Morgan fingerprint density at radius 2 is 2.04 bits per heavy atom. The van der Waals surface area contributed by atoms with Gasteiger partial charge in [0.2, 0.25) is 5.91 Å². The summed E-state index contributed by atoms with van der Waals surface area (Å²) < 4.78 is 5.99. The number of nitrogen functional groups attached to an aromatic ring is 1. The monoisotopic (exact) mass is 377 g/mol. The number of nitrogens with two attached hydrogens (primary N) is 1. The van der Waals surface area contributed by atoms with Crippen LogP contribution >= 0.6 is 0 Å². The lowest BCUT2D eigenvalue weighted by Gasteiger charge is -2.36. The van der Waals surface area contributed by atoms with Crippen LogP contribution in [0.5, 0.6) is 0 Å². The zero-order chi connectivity index (χ0) is 19.2. The summed E-state index contributed by atoms with van der Waals surface area (Å²) in [5, 5.41) is 12.6. The molecule has 0 bridgehead atoms. The van der Waals surface area contributed by atoms with Gasteiger partial charge in [-0.05, 0) is 38.5 Å². The molecule has 5 N–H and O–H groups in total. The van der Waals surface area contributed by atoms with E-state index in [0.717, 1.165) is 25.7 Å². The van der Waals surface area contributed by atoms with Crippen LogP contribution in [-0.2, 0) is 9.53 Å². The second kappa shape index (κ2) is 9.21. The third-order valence-corrected chi connectivity index (χ3v) is 5.56. The fraction of sp³-hybridized carbons (Fsp3) is 0.737. The van der Waals surface area contributed by atoms with Crippen LogP contribution in [0.1, 0.15) is 68.8 Å². The van der Waals surface area contributed by atoms with Crippen LogP contribution in [0.4, 0.5) is 5.82 Å². The van der Waals surface area contributed by atoms with Crippen molar-refractivity contribution in [3.05, 3.63) is 11.8 Å². The molecule has 0 saturated heterocycles. The molecular formula is C19H31N5O3. The van der Waals surface area contributed by atoms with Crippen molar-refractivity contribution in [1.82, 2.24) is 20.8 Å². The van der Waals surface area contributed by atoms with Crippen molar-refractivity contribution in [1.29, 1.82) is 0 Å². The highest BCUT2D eigenvalue weighted by atomic mass is 16.5. The van der Waals surface area contributed by atoms with Crippen LogP contribution in [-0.4, -0.2) is 46.8 Å². The lowest BCUT2D eigenvalue weighted by atomic mass is 9.83. The molecule has 150 valence electrons. The molecule has 2 amide bonds. The van der Waals surface area contributed by atoms with E-state index in [4.69, 9.17) is 10.5 Å². The first-order valence-corrected chi connectivity index (χ1v) is 10.1. The van der Waals surface area contributed by atoms with Crippen molar-refractivity contribution in [2.75, 3.05) is 12.3 Å². The van der Waals surface area contributed by atoms with Gasteiger partial charge in [-0.3, -0.25) is 14.7 Å². The molecule has 2 saturated carbocycles. The SMILES string of the molecule is CCCO[C@@H]1C[C@@H](C(=O)NC2CCCC2)CC[C@H]1NC(=O)c1cc(N)n[nH]1. The molecule has 0 spiro atoms. The van der Waals surface area contributed by atoms with E-state index in [-0.39, 0.29) is 35.7 Å². The maximum absolute atomic E-state index is 12.6. The van der Waals surface area contributed by atoms with Gasteiger partial charge in [0.05, 0.1) is 12.1 Å². The number of anilines is 1. The molecule has 2 aliphatic rings. The van der Waals surface area contributed by atoms with Crippen molar-refractivity contribution >= 4 is 17.6 Å². The Kier molecular flexibility index (Phi) is 6.71. The van der Waals surface area contributed by atoms with Gasteiger partial charge in [-0.1, -0.05) is 19.8 Å². The van der Waals surface area contributed by atoms with Gasteiger partial charge in [0, 0.05) is 24.6 Å². The number of rotatable bonds is 7. The van der Waals surface area contributed by atoms with Crippen molar-refractivity contribution < 1.29 is 14.3 Å². The van der Waals surface area contributed by atoms with Gasteiger partial charge in [-0.2, -0.15) is 5.10 Å². The molecule has 0 aromatic carbocycles. The molecule has 3 atom stereocenters. The number of H-pyrrole nitrogens is 1. The number of ether oxygens (including phenoxy) is 1. The Hall–Kier alpha value is -2.09. The summed E-state index contributed by atoms with van der Waals surface area (Å²) in [6.45, 7) is 2.67. The highest BCUT2D eigenvalue weighted by Crippen LogP contribution is 2.28. The van der Waals surface area contributed by atoms with E-state index in [9.17, 15) is 9.59 Å². The largest absolute Gasteiger partial charge is 0.382 e. The van der Waals surface area contributed by atoms with Gasteiger partial charge in [0.1, 0.15) is 11.5 Å². The Balaban J connectivity index is 1.58. The van der Waals surface area contributed by atoms with Crippen molar-refractivity contribution in [3.8, 4) is 0 Å². The number of carbonyl (C=O) groups excluding carboxylic acids is 2. The first-order valence-electron chi connectivity index (χ1n) is 10.1. The first-order chi connectivity index (χ1) is 13.1. The molecule has 1 aromatic heterocycles. The normalized spacial score (nSPS) is 26.0. The lowest BCUT2D eigenvalue weighted by molar-refractivity contribution is -0.129. The highest BCUT2D eigenvalue weighted by Gasteiger charge is 2.36. The van der Waals surface area contributed by atoms with E-state index >= 15 is 0 Å². The predicted octanol–water partition coefficient (Wildman–Crippen LogP) is 1.74. The summed E-state index contributed by atoms with van der Waals surface area (Å²) >= 11 is 0. The molecule has 0 radical (unpaired) electrons. The molecule has 2 fully saturated rings. The summed E-state index contributed by atoms with van der Waals surface area (Å²) in [6, 6.07) is 1.72. The van der Waals surface area contributed by atoms with Gasteiger partial charge in [0.25, 0.3) is 5.91 Å². The van der Waals surface area contributed by atoms with Gasteiger partial charge >= 0.3 is 0 Å². The quantitative estimate of drug-likeness (QED) is 0.576. The number of aromatic nitrogens is 2. The van der Waals surface area contributed by atoms with Gasteiger partial charge in [0.15, 0.2) is 0 Å². The molecular weight excluding hydrogens is 346 g/mol. The van der Waals surface area contributed by atoms with Crippen LogP contribution in [0, 0.1) is 5.92 Å². The fourth-order valence-electron chi connectivity index (χ4n) is 4.07. The number of nitrogens with one attached hydrogen (secondary N) is 3. The minimum Gasteiger partial charge on any atom is -0.382 e. The Bertz CT molecular complexity index is 641. The first kappa shape index (κ1) is 19.7. The topological polar surface area (TPSA) is 122 Å². The smallest absolute Gasteiger partial charge is 0.269 e. The van der Waals surface area contributed by atoms with E-state index in [2.05, 4.69) is 20.8 Å². The number of carbonyl (C=O) groups is 2. The third-order valence-electron chi connectivity index (χ3n) is 5.56. The molecule has 1 heterocycles. The molecule has 3 rings (SSSR count). The fourth-order valence-corrected chi connectivity index (χ4v) is 4.07. The Morgan fingerprint density at radius 1 is 1.26 bits per heavy atom.